The van der Waals surface area contributed by atoms with E-state index in [1.807, 2.05) is 31.2 Å². The van der Waals surface area contributed by atoms with Gasteiger partial charge in [0.05, 0.1) is 27.4 Å². The normalized spacial score (nSPS) is 18.3. The molecular formula is C54H68BrCl2N12O8PS3. The van der Waals surface area contributed by atoms with Crippen molar-refractivity contribution < 1.29 is 29.6 Å². The van der Waals surface area contributed by atoms with Gasteiger partial charge in [-0.05, 0) is 155 Å². The molecule has 8 N–H and O–H groups in total. The molecular weight excluding hydrogens is 1220 g/mol. The molecule has 1 aromatic heterocycles. The third kappa shape index (κ3) is 18.7. The van der Waals surface area contributed by atoms with Crippen LogP contribution in [0, 0.1) is 20.2 Å². The number of alkyl halides is 1. The average Bonchev–Trinajstić information content (AvgIpc) is 3.85. The summed E-state index contributed by atoms with van der Waals surface area (Å²) in [5.74, 6) is 0.262. The van der Waals surface area contributed by atoms with Crippen molar-refractivity contribution in [1.82, 2.24) is 14.8 Å². The molecule has 0 saturated carbocycles. The van der Waals surface area contributed by atoms with E-state index < -0.39 is 15.6 Å². The van der Waals surface area contributed by atoms with Crippen molar-refractivity contribution >= 4 is 151 Å². The summed E-state index contributed by atoms with van der Waals surface area (Å²) in [5.41, 5.74) is 15.7. The van der Waals surface area contributed by atoms with Gasteiger partial charge in [0.15, 0.2) is 21.2 Å². The van der Waals surface area contributed by atoms with Crippen molar-refractivity contribution in [3.63, 3.8) is 0 Å². The van der Waals surface area contributed by atoms with Crippen molar-refractivity contribution in [3.8, 4) is 0 Å². The summed E-state index contributed by atoms with van der Waals surface area (Å²) in [6.45, 7) is 9.93. The van der Waals surface area contributed by atoms with Crippen LogP contribution >= 0.6 is 84.3 Å². The first-order chi connectivity index (χ1) is 38.4. The molecule has 9 rings (SSSR count). The monoisotopic (exact) mass is 1290 g/mol. The number of Topliss-reactive ketones (excluding diaryl/α,β-unsaturated/α-hetero) is 1. The number of likely N-dealkylation sites (tertiary alicyclic amines) is 2. The number of nitro groups is 2. The first kappa shape index (κ1) is 65.0. The molecule has 81 heavy (non-hydrogen) atoms. The highest BCUT2D eigenvalue weighted by atomic mass is 79.9. The number of hydrogen-bond acceptors (Lipinski definition) is 18. The number of amidine groups is 1. The minimum atomic E-state index is -0.631. The summed E-state index contributed by atoms with van der Waals surface area (Å²) in [4.78, 5) is 63.0. The number of benzene rings is 4. The number of aromatic nitrogens is 1. The van der Waals surface area contributed by atoms with E-state index in [1.165, 1.54) is 47.8 Å². The summed E-state index contributed by atoms with van der Waals surface area (Å²) >= 11 is 22.2. The van der Waals surface area contributed by atoms with Gasteiger partial charge in [0.25, 0.3) is 11.4 Å². The summed E-state index contributed by atoms with van der Waals surface area (Å²) in [7, 11) is 0. The van der Waals surface area contributed by atoms with Crippen LogP contribution in [0.1, 0.15) is 83.9 Å². The molecule has 5 heterocycles. The number of rotatable bonds is 14. The van der Waals surface area contributed by atoms with Crippen molar-refractivity contribution in [2.45, 2.75) is 82.6 Å². The molecule has 4 aromatic carbocycles. The van der Waals surface area contributed by atoms with Crippen molar-refractivity contribution in [1.29, 1.82) is 0 Å². The quantitative estimate of drug-likeness (QED) is 0.00881. The van der Waals surface area contributed by atoms with Crippen LogP contribution < -0.4 is 31.9 Å². The zero-order chi connectivity index (χ0) is 57.5. The van der Waals surface area contributed by atoms with Crippen LogP contribution in [-0.4, -0.2) is 144 Å². The lowest BCUT2D eigenvalue weighted by Gasteiger charge is -2.42. The van der Waals surface area contributed by atoms with E-state index in [4.69, 9.17) is 46.9 Å². The Morgan fingerprint density at radius 3 is 1.70 bits per heavy atom. The van der Waals surface area contributed by atoms with Gasteiger partial charge in [0.1, 0.15) is 20.7 Å². The SMILES string of the molecule is CCSC(N)=NC(=S)Nc1ccc(N2CCC(N3CCCC(O)C3)CC2)cc1.Nc1nc(Nc2ccc(N3CCC(N4CCCC(O)C4)CC3)cc2)sc1C(=O)c1ccc(Cl)c([N+](=O)[O-])c1.O=C(CBr)c1ccc(Cl)c([N+](=O)[O-])c1.P. The molecule has 0 spiro atoms. The maximum absolute atomic E-state index is 13.0. The number of piperidine rings is 4. The van der Waals surface area contributed by atoms with Gasteiger partial charge in [-0.2, -0.15) is 14.9 Å². The Balaban J connectivity index is 0.000000215. The number of carbonyl (C=O) groups is 2. The number of ketones is 2. The number of aliphatic hydroxyl groups excluding tert-OH is 2. The number of anilines is 6. The Kier molecular flexibility index (Phi) is 25.3. The van der Waals surface area contributed by atoms with Gasteiger partial charge < -0.3 is 42.1 Å². The summed E-state index contributed by atoms with van der Waals surface area (Å²) in [6, 6.07) is 25.4. The van der Waals surface area contributed by atoms with Gasteiger partial charge in [-0.3, -0.25) is 39.6 Å². The van der Waals surface area contributed by atoms with E-state index in [0.29, 0.717) is 27.5 Å². The Morgan fingerprint density at radius 2 is 1.25 bits per heavy atom. The topological polar surface area (TPSA) is 275 Å². The van der Waals surface area contributed by atoms with Crippen LogP contribution in [0.15, 0.2) is 89.9 Å². The molecule has 0 amide bonds. The number of nitrogens with one attached hydrogen (secondary N) is 2. The highest BCUT2D eigenvalue weighted by Gasteiger charge is 2.30. The second-order valence-electron chi connectivity index (χ2n) is 19.5. The molecule has 4 aliphatic heterocycles. The summed E-state index contributed by atoms with van der Waals surface area (Å²) < 4.78 is 0. The van der Waals surface area contributed by atoms with Crippen LogP contribution in [-0.2, 0) is 0 Å². The second kappa shape index (κ2) is 31.5. The smallest absolute Gasteiger partial charge is 0.288 e. The zero-order valence-corrected chi connectivity index (χ0v) is 51.7. The number of nitrogen functional groups attached to an aromatic ring is 1. The number of thioether (sulfide) groups is 1. The summed E-state index contributed by atoms with van der Waals surface area (Å²) in [6.07, 6.45) is 8.19. The lowest BCUT2D eigenvalue weighted by molar-refractivity contribution is -0.384. The number of nitrogens with zero attached hydrogens (tertiary/aromatic N) is 8. The van der Waals surface area contributed by atoms with Crippen molar-refractivity contribution in [2.75, 3.05) is 89.6 Å². The number of aliphatic hydroxyl groups is 2. The molecule has 4 fully saturated rings. The van der Waals surface area contributed by atoms with Crippen LogP contribution in [0.5, 0.6) is 0 Å². The summed E-state index contributed by atoms with van der Waals surface area (Å²) in [5, 5.41) is 49.3. The van der Waals surface area contributed by atoms with Gasteiger partial charge in [-0.25, -0.2) is 4.98 Å². The molecule has 5 aromatic rings. The molecule has 3 atom stereocenters. The molecule has 4 saturated heterocycles. The van der Waals surface area contributed by atoms with Crippen molar-refractivity contribution in [3.05, 3.63) is 131 Å². The van der Waals surface area contributed by atoms with E-state index in [2.05, 4.69) is 80.4 Å². The van der Waals surface area contributed by atoms with Crippen LogP contribution in [0.4, 0.5) is 45.1 Å². The van der Waals surface area contributed by atoms with Crippen LogP contribution in [0.25, 0.3) is 0 Å². The lowest BCUT2D eigenvalue weighted by atomic mass is 9.98. The minimum Gasteiger partial charge on any atom is -0.392 e. The van der Waals surface area contributed by atoms with Gasteiger partial charge in [0, 0.05) is 97.4 Å². The van der Waals surface area contributed by atoms with E-state index in [0.717, 1.165) is 144 Å². The van der Waals surface area contributed by atoms with Gasteiger partial charge >= 0.3 is 0 Å². The number of β-amino-alcohol motifs (C(OH)–C–C–N with tert-alkyl or cyclic N) is 2. The Hall–Kier alpha value is -5.11. The molecule has 0 aliphatic carbocycles. The molecule has 3 unspecified atom stereocenters. The molecule has 436 valence electrons. The number of aliphatic imine (C=N–C) groups is 1. The number of nitrogens with two attached hydrogens (primary N) is 2. The Morgan fingerprint density at radius 1 is 0.778 bits per heavy atom. The predicted molar refractivity (Wildman–Crippen MR) is 342 cm³/mol. The van der Waals surface area contributed by atoms with Gasteiger partial charge in [-0.15, -0.1) is 0 Å². The number of hydrogen-bond donors (Lipinski definition) is 6. The molecule has 0 bridgehead atoms. The van der Waals surface area contributed by atoms with E-state index >= 15 is 0 Å². The van der Waals surface area contributed by atoms with Crippen LogP contribution in [0.2, 0.25) is 10.0 Å². The van der Waals surface area contributed by atoms with E-state index in [9.17, 15) is 40.0 Å². The zero-order valence-electron chi connectivity index (χ0n) is 44.8. The standard InChI is InChI=1S/C26H29ClN6O4S.C20H31N5OS2.C8H5BrClNO3.H3P/c27-21-8-3-16(14-22(21)33(36)37)23(35)24-25(28)30-26(38-24)29-17-4-6-18(7-5-17)31-12-9-19(10-13-31)32-11-1-2-20(34)15-32;1-2-28-19(21)23-20(27)22-15-5-7-16(8-6-15)24-12-9-17(10-13-24)25-11-3-4-18(26)14-25;9-4-8(12)5-1-2-6(10)7(3-5)11(13)14;/h3-8,14,19-20,34H,1-2,9-13,15,28H2,(H,29,30);5-8,17-18,26H,2-4,9-14H2,1H3,(H3,21,22,23,27);1-3H,4H2;1H3. The van der Waals surface area contributed by atoms with E-state index in [-0.39, 0.29) is 76.5 Å². The average molecular weight is 1290 g/mol. The lowest BCUT2D eigenvalue weighted by Crippen LogP contribution is -2.49. The first-order valence-corrected chi connectivity index (χ1v) is 30.4. The molecule has 0 radical (unpaired) electrons. The fraction of sp³-hybridized carbons (Fsp3) is 0.426. The predicted octanol–water partition coefficient (Wildman–Crippen LogP) is 10.4. The minimum absolute atomic E-state index is 0. The van der Waals surface area contributed by atoms with Gasteiger partial charge in [0.2, 0.25) is 5.78 Å². The number of carbonyl (C=O) groups excluding carboxylic acids is 2. The molecule has 20 nitrogen and oxygen atoms in total. The Bertz CT molecular complexity index is 2990. The maximum atomic E-state index is 13.0. The Labute approximate surface area is 506 Å². The van der Waals surface area contributed by atoms with E-state index in [1.54, 1.807) is 0 Å². The maximum Gasteiger partial charge on any atom is 0.288 e. The highest BCUT2D eigenvalue weighted by Crippen LogP contribution is 2.34. The highest BCUT2D eigenvalue weighted by molar-refractivity contribution is 9.09. The van der Waals surface area contributed by atoms with Gasteiger partial charge in [-0.1, -0.05) is 69.2 Å². The third-order valence-electron chi connectivity index (χ3n) is 14.1. The van der Waals surface area contributed by atoms with Crippen LogP contribution in [0.3, 0.4) is 0 Å². The number of nitro benzene ring substituents is 2. The second-order valence-corrected chi connectivity index (χ2v) is 23.6. The molecule has 27 heteroatoms. The molecule has 4 aliphatic rings. The number of thiocarbonyl (C=S) groups is 1. The fourth-order valence-corrected chi connectivity index (χ4v) is 12.3. The first-order valence-electron chi connectivity index (χ1n) is 26.3. The third-order valence-corrected chi connectivity index (χ3v) is 17.1. The van der Waals surface area contributed by atoms with Crippen molar-refractivity contribution in [2.24, 2.45) is 10.7 Å². The largest absolute Gasteiger partial charge is 0.392 e. The number of thiazole rings is 1. The fourth-order valence-electron chi connectivity index (χ4n) is 10.1. The number of halogens is 3.